The Morgan fingerprint density at radius 3 is 1.23 bits per heavy atom. The van der Waals surface area contributed by atoms with Crippen molar-refractivity contribution in [2.75, 3.05) is 20.0 Å². The van der Waals surface area contributed by atoms with Gasteiger partial charge in [0, 0.05) is 10.8 Å². The molecule has 1 atom stereocenters. The number of aliphatic hydroxyl groups excluding tert-OH is 2. The first kappa shape index (κ1) is 29.0. The molecule has 0 aliphatic heterocycles. The molecule has 3 N–H and O–H groups in total. The van der Waals surface area contributed by atoms with Crippen LogP contribution in [0.3, 0.4) is 0 Å². The summed E-state index contributed by atoms with van der Waals surface area (Å²) in [6.07, 6.45) is -0.891. The Morgan fingerprint density at radius 2 is 0.875 bits per heavy atom. The van der Waals surface area contributed by atoms with Crippen molar-refractivity contribution in [2.24, 2.45) is 0 Å². The van der Waals surface area contributed by atoms with Gasteiger partial charge in [-0.2, -0.15) is 0 Å². The maximum atomic E-state index is 9.59. The summed E-state index contributed by atoms with van der Waals surface area (Å²) in [7, 11) is 0. The second-order valence-electron chi connectivity index (χ2n) is 10.9. The lowest BCUT2D eigenvalue weighted by molar-refractivity contribution is 0.0536. The number of hydrogen-bond acceptors (Lipinski definition) is 6. The van der Waals surface area contributed by atoms with Crippen LogP contribution in [0.25, 0.3) is 0 Å². The molecule has 0 amide bonds. The summed E-state index contributed by atoms with van der Waals surface area (Å²) in [5.41, 5.74) is 4.07. The molecule has 6 nitrogen and oxygen atoms in total. The van der Waals surface area contributed by atoms with Crippen LogP contribution in [0, 0.1) is 0 Å². The monoisotopic (exact) mass is 542 g/mol. The highest BCUT2D eigenvalue weighted by Crippen LogP contribution is 2.34. The van der Waals surface area contributed by atoms with Gasteiger partial charge >= 0.3 is 0 Å². The highest BCUT2D eigenvalue weighted by Gasteiger charge is 2.24. The fraction of sp³-hybridized carbons (Fsp3) is 0.294. The molecule has 0 saturated heterocycles. The zero-order valence-electron chi connectivity index (χ0n) is 23.5. The molecular weight excluding hydrogens is 504 g/mol. The van der Waals surface area contributed by atoms with Crippen molar-refractivity contribution >= 4 is 0 Å². The van der Waals surface area contributed by atoms with E-state index >= 15 is 0 Å². The van der Waals surface area contributed by atoms with Gasteiger partial charge in [-0.1, -0.05) is 76.2 Å². The Morgan fingerprint density at radius 1 is 0.550 bits per heavy atom. The van der Waals surface area contributed by atoms with Gasteiger partial charge in [0.05, 0.1) is 6.61 Å². The lowest BCUT2D eigenvalue weighted by Gasteiger charge is -2.26. The minimum Gasteiger partial charge on any atom is -0.508 e. The van der Waals surface area contributed by atoms with Gasteiger partial charge in [-0.15, -0.1) is 0 Å². The molecule has 0 aromatic heterocycles. The molecule has 0 saturated carbocycles. The molecule has 0 fully saturated rings. The average molecular weight is 543 g/mol. The maximum Gasteiger partial charge on any atom is 0.230 e. The number of rotatable bonds is 12. The van der Waals surface area contributed by atoms with Crippen molar-refractivity contribution in [3.8, 4) is 23.0 Å². The standard InChI is InChI=1S/C34H38O6/c1-33(2,24-5-13-28(36)14-6-24)26-9-17-31(18-10-26)39-23-40-32-19-11-27(12-20-32)34(3,4)25-7-15-30(16-8-25)38-22-29(37)21-35/h5-20,29,35-37H,21-23H2,1-4H3. The first-order valence-corrected chi connectivity index (χ1v) is 13.4. The lowest BCUT2D eigenvalue weighted by Crippen LogP contribution is -2.21. The minimum atomic E-state index is -0.891. The third kappa shape index (κ3) is 6.95. The molecular formula is C34H38O6. The van der Waals surface area contributed by atoms with E-state index in [-0.39, 0.29) is 36.6 Å². The Balaban J connectivity index is 1.31. The van der Waals surface area contributed by atoms with E-state index in [1.54, 1.807) is 12.1 Å². The smallest absolute Gasteiger partial charge is 0.230 e. The molecule has 4 aromatic carbocycles. The summed E-state index contributed by atoms with van der Waals surface area (Å²) in [6, 6.07) is 31.1. The quantitative estimate of drug-likeness (QED) is 0.185. The molecule has 0 radical (unpaired) electrons. The molecule has 0 aliphatic rings. The second-order valence-corrected chi connectivity index (χ2v) is 10.9. The summed E-state index contributed by atoms with van der Waals surface area (Å²) < 4.78 is 17.2. The van der Waals surface area contributed by atoms with Crippen molar-refractivity contribution < 1.29 is 29.5 Å². The normalized spacial score (nSPS) is 12.6. The lowest BCUT2D eigenvalue weighted by atomic mass is 9.78. The number of ether oxygens (including phenoxy) is 3. The number of phenols is 1. The number of phenolic OH excluding ortho intramolecular Hbond substituents is 1. The predicted octanol–water partition coefficient (Wildman–Crippen LogP) is 6.19. The largest absolute Gasteiger partial charge is 0.508 e. The van der Waals surface area contributed by atoms with Crippen molar-refractivity contribution in [1.29, 1.82) is 0 Å². The van der Waals surface area contributed by atoms with Gasteiger partial charge in [-0.25, -0.2) is 0 Å². The highest BCUT2D eigenvalue weighted by molar-refractivity contribution is 5.43. The number of hydrogen-bond donors (Lipinski definition) is 3. The van der Waals surface area contributed by atoms with Gasteiger partial charge in [0.25, 0.3) is 0 Å². The van der Waals surface area contributed by atoms with Crippen LogP contribution in [0.4, 0.5) is 0 Å². The molecule has 210 valence electrons. The highest BCUT2D eigenvalue weighted by atomic mass is 16.7. The molecule has 6 heteroatoms. The number of aliphatic hydroxyl groups is 2. The Labute approximate surface area is 236 Å². The SMILES string of the molecule is CC(C)(c1ccc(O)cc1)c1ccc(OCOc2ccc(C(C)(C)c3ccc(OCC(O)CO)cc3)cc2)cc1. The molecule has 40 heavy (non-hydrogen) atoms. The zero-order valence-corrected chi connectivity index (χ0v) is 23.5. The van der Waals surface area contributed by atoms with Crippen molar-refractivity contribution in [1.82, 2.24) is 0 Å². The van der Waals surface area contributed by atoms with Crippen LogP contribution in [0.2, 0.25) is 0 Å². The fourth-order valence-corrected chi connectivity index (χ4v) is 4.53. The van der Waals surface area contributed by atoms with Crippen LogP contribution in [-0.4, -0.2) is 41.4 Å². The Bertz CT molecular complexity index is 1340. The van der Waals surface area contributed by atoms with E-state index in [0.717, 1.165) is 33.8 Å². The van der Waals surface area contributed by atoms with Gasteiger partial charge in [-0.05, 0) is 70.8 Å². The summed E-state index contributed by atoms with van der Waals surface area (Å²) in [5, 5.41) is 28.0. The van der Waals surface area contributed by atoms with Crippen LogP contribution < -0.4 is 14.2 Å². The van der Waals surface area contributed by atoms with Crippen LogP contribution in [0.5, 0.6) is 23.0 Å². The van der Waals surface area contributed by atoms with E-state index in [0.29, 0.717) is 5.75 Å². The molecule has 4 rings (SSSR count). The summed E-state index contributed by atoms with van der Waals surface area (Å²) in [4.78, 5) is 0. The van der Waals surface area contributed by atoms with E-state index < -0.39 is 6.10 Å². The molecule has 0 heterocycles. The Hall–Kier alpha value is -4.00. The fourth-order valence-electron chi connectivity index (χ4n) is 4.53. The number of benzene rings is 4. The molecule has 0 aliphatic carbocycles. The van der Waals surface area contributed by atoms with Crippen LogP contribution in [0.1, 0.15) is 49.9 Å². The molecule has 1 unspecified atom stereocenters. The summed E-state index contributed by atoms with van der Waals surface area (Å²) in [6.45, 7) is 8.43. The predicted molar refractivity (Wildman–Crippen MR) is 156 cm³/mol. The summed E-state index contributed by atoms with van der Waals surface area (Å²) >= 11 is 0. The molecule has 0 spiro atoms. The van der Waals surface area contributed by atoms with Gasteiger partial charge in [-0.3, -0.25) is 0 Å². The summed E-state index contributed by atoms with van der Waals surface area (Å²) in [5.74, 6) is 2.35. The van der Waals surface area contributed by atoms with E-state index in [9.17, 15) is 10.2 Å². The van der Waals surface area contributed by atoms with E-state index in [2.05, 4.69) is 52.0 Å². The average Bonchev–Trinajstić information content (AvgIpc) is 2.97. The first-order valence-electron chi connectivity index (χ1n) is 13.4. The van der Waals surface area contributed by atoms with Crippen molar-refractivity contribution in [3.05, 3.63) is 119 Å². The van der Waals surface area contributed by atoms with E-state index in [4.69, 9.17) is 19.3 Å². The van der Waals surface area contributed by atoms with Crippen LogP contribution in [0.15, 0.2) is 97.1 Å². The Kier molecular flexibility index (Phi) is 9.03. The third-order valence-corrected chi connectivity index (χ3v) is 7.42. The zero-order chi connectivity index (χ0) is 28.8. The molecule has 0 bridgehead atoms. The van der Waals surface area contributed by atoms with Crippen molar-refractivity contribution in [2.45, 2.75) is 44.6 Å². The van der Waals surface area contributed by atoms with Crippen molar-refractivity contribution in [3.63, 3.8) is 0 Å². The maximum absolute atomic E-state index is 9.59. The second kappa shape index (κ2) is 12.5. The first-order chi connectivity index (χ1) is 19.1. The third-order valence-electron chi connectivity index (χ3n) is 7.42. The van der Waals surface area contributed by atoms with E-state index in [1.807, 2.05) is 60.7 Å². The topological polar surface area (TPSA) is 88.4 Å². The van der Waals surface area contributed by atoms with Gasteiger partial charge in [0.2, 0.25) is 6.79 Å². The number of aromatic hydroxyl groups is 1. The molecule has 4 aromatic rings. The van der Waals surface area contributed by atoms with Gasteiger partial charge < -0.3 is 29.5 Å². The van der Waals surface area contributed by atoms with Gasteiger partial charge in [0.1, 0.15) is 35.7 Å². The van der Waals surface area contributed by atoms with Crippen LogP contribution >= 0.6 is 0 Å². The van der Waals surface area contributed by atoms with E-state index in [1.165, 1.54) is 0 Å². The van der Waals surface area contributed by atoms with Gasteiger partial charge in [0.15, 0.2) is 0 Å². The van der Waals surface area contributed by atoms with Crippen LogP contribution in [-0.2, 0) is 10.8 Å². The minimum absolute atomic E-state index is 0.0505.